The van der Waals surface area contributed by atoms with Gasteiger partial charge in [0, 0.05) is 18.1 Å². The van der Waals surface area contributed by atoms with Crippen molar-refractivity contribution in [2.24, 2.45) is 0 Å². The van der Waals surface area contributed by atoms with Gasteiger partial charge in [0.25, 0.3) is 11.8 Å². The molecule has 3 unspecified atom stereocenters. The number of aryl methyl sites for hydroxylation is 1. The summed E-state index contributed by atoms with van der Waals surface area (Å²) < 4.78 is 7.63. The molecule has 1 aliphatic heterocycles. The van der Waals surface area contributed by atoms with Crippen LogP contribution < -0.4 is 10.1 Å². The van der Waals surface area contributed by atoms with Crippen LogP contribution in [0.4, 0.5) is 0 Å². The molecule has 3 atom stereocenters. The van der Waals surface area contributed by atoms with Crippen LogP contribution in [-0.2, 0) is 4.79 Å². The van der Waals surface area contributed by atoms with Crippen LogP contribution in [0.1, 0.15) is 67.5 Å². The molecule has 2 fully saturated rings. The highest BCUT2D eigenvalue weighted by molar-refractivity contribution is 6.30. The molecule has 32 heavy (non-hydrogen) atoms. The number of rotatable bonds is 6. The molecule has 1 saturated carbocycles. The zero-order valence-electron chi connectivity index (χ0n) is 18.6. The van der Waals surface area contributed by atoms with Crippen molar-refractivity contribution in [2.45, 2.75) is 70.6 Å². The topological polar surface area (TPSA) is 89.4 Å². The molecule has 2 aromatic rings. The number of carbonyl (C=O) groups excluding carboxylic acids is 2. The van der Waals surface area contributed by atoms with E-state index in [1.165, 1.54) is 0 Å². The van der Waals surface area contributed by atoms with E-state index >= 15 is 0 Å². The van der Waals surface area contributed by atoms with Crippen molar-refractivity contribution in [1.29, 1.82) is 0 Å². The largest absolute Gasteiger partial charge is 0.481 e. The summed E-state index contributed by atoms with van der Waals surface area (Å²) in [7, 11) is 0. The number of benzene rings is 1. The van der Waals surface area contributed by atoms with Crippen molar-refractivity contribution < 1.29 is 14.3 Å². The first-order valence-electron chi connectivity index (χ1n) is 11.4. The lowest BCUT2D eigenvalue weighted by Crippen LogP contribution is -2.47. The molecule has 0 radical (unpaired) electrons. The van der Waals surface area contributed by atoms with Gasteiger partial charge in [0.1, 0.15) is 5.75 Å². The maximum absolute atomic E-state index is 12.9. The van der Waals surface area contributed by atoms with Gasteiger partial charge >= 0.3 is 0 Å². The second-order valence-electron chi connectivity index (χ2n) is 8.72. The maximum Gasteiger partial charge on any atom is 0.276 e. The number of carbonyl (C=O) groups is 2. The quantitative estimate of drug-likeness (QED) is 0.713. The van der Waals surface area contributed by atoms with Crippen molar-refractivity contribution in [2.75, 3.05) is 13.1 Å². The third-order valence-electron chi connectivity index (χ3n) is 6.33. The number of ether oxygens (including phenoxy) is 1. The number of hydrogen-bond donors (Lipinski definition) is 1. The summed E-state index contributed by atoms with van der Waals surface area (Å²) >= 11 is 6.01. The Morgan fingerprint density at radius 2 is 1.94 bits per heavy atom. The van der Waals surface area contributed by atoms with Gasteiger partial charge < -0.3 is 15.0 Å². The standard InChI is InChI=1S/C23H30ClN5O3/c1-15-13-17(24)9-10-21(15)32-16(2)22(30)25-18-7-3-4-8-20(18)29-14-19(26-27-29)23(31)28-11-5-6-12-28/h9-10,13-14,16,18,20H,3-8,11-12H2,1-2H3,(H,25,30). The van der Waals surface area contributed by atoms with E-state index < -0.39 is 6.10 Å². The van der Waals surface area contributed by atoms with Gasteiger partial charge in [0.05, 0.1) is 18.3 Å². The highest BCUT2D eigenvalue weighted by Crippen LogP contribution is 2.29. The Morgan fingerprint density at radius 3 is 2.69 bits per heavy atom. The van der Waals surface area contributed by atoms with E-state index in [4.69, 9.17) is 16.3 Å². The van der Waals surface area contributed by atoms with Crippen LogP contribution >= 0.6 is 11.6 Å². The van der Waals surface area contributed by atoms with Crippen molar-refractivity contribution >= 4 is 23.4 Å². The van der Waals surface area contributed by atoms with Gasteiger partial charge in [-0.1, -0.05) is 29.7 Å². The zero-order chi connectivity index (χ0) is 22.7. The van der Waals surface area contributed by atoms with E-state index in [1.807, 2.05) is 17.9 Å². The van der Waals surface area contributed by atoms with Crippen molar-refractivity contribution in [3.05, 3.63) is 40.7 Å². The molecule has 2 heterocycles. The van der Waals surface area contributed by atoms with E-state index in [0.717, 1.165) is 57.2 Å². The Hall–Kier alpha value is -2.61. The van der Waals surface area contributed by atoms with Crippen LogP contribution in [0.5, 0.6) is 5.75 Å². The van der Waals surface area contributed by atoms with Gasteiger partial charge in [-0.3, -0.25) is 9.59 Å². The third kappa shape index (κ3) is 5.06. The Balaban J connectivity index is 1.41. The number of amides is 2. The summed E-state index contributed by atoms with van der Waals surface area (Å²) in [6.45, 7) is 5.19. The Morgan fingerprint density at radius 1 is 1.19 bits per heavy atom. The minimum Gasteiger partial charge on any atom is -0.481 e. The molecule has 1 aromatic carbocycles. The molecule has 172 valence electrons. The first-order valence-corrected chi connectivity index (χ1v) is 11.7. The number of nitrogens with one attached hydrogen (secondary N) is 1. The van der Waals surface area contributed by atoms with Crippen LogP contribution in [0.3, 0.4) is 0 Å². The molecule has 1 aromatic heterocycles. The fourth-order valence-corrected chi connectivity index (χ4v) is 4.73. The molecule has 2 aliphatic rings. The molecule has 0 spiro atoms. The molecule has 8 nitrogen and oxygen atoms in total. The molecule has 0 bridgehead atoms. The lowest BCUT2D eigenvalue weighted by Gasteiger charge is -2.32. The predicted octanol–water partition coefficient (Wildman–Crippen LogP) is 3.54. The summed E-state index contributed by atoms with van der Waals surface area (Å²) in [4.78, 5) is 27.3. The van der Waals surface area contributed by atoms with Crippen LogP contribution in [0, 0.1) is 6.92 Å². The Labute approximate surface area is 193 Å². The van der Waals surface area contributed by atoms with E-state index in [9.17, 15) is 9.59 Å². The number of hydrogen-bond acceptors (Lipinski definition) is 5. The molecule has 2 amide bonds. The fraction of sp³-hybridized carbons (Fsp3) is 0.565. The van der Waals surface area contributed by atoms with E-state index in [1.54, 1.807) is 29.9 Å². The monoisotopic (exact) mass is 459 g/mol. The first kappa shape index (κ1) is 22.6. The second-order valence-corrected chi connectivity index (χ2v) is 9.16. The molecule has 1 saturated heterocycles. The van der Waals surface area contributed by atoms with Crippen LogP contribution in [0.2, 0.25) is 5.02 Å². The highest BCUT2D eigenvalue weighted by Gasteiger charge is 2.32. The fourth-order valence-electron chi connectivity index (χ4n) is 4.50. The smallest absolute Gasteiger partial charge is 0.276 e. The number of aromatic nitrogens is 3. The normalized spacial score (nSPS) is 21.9. The first-order chi connectivity index (χ1) is 15.4. The van der Waals surface area contributed by atoms with Gasteiger partial charge in [-0.25, -0.2) is 4.68 Å². The average molecular weight is 460 g/mol. The Kier molecular flexibility index (Phi) is 6.98. The van der Waals surface area contributed by atoms with Crippen LogP contribution in [0.25, 0.3) is 0 Å². The molecule has 1 aliphatic carbocycles. The van der Waals surface area contributed by atoms with Crippen LogP contribution in [0.15, 0.2) is 24.4 Å². The van der Waals surface area contributed by atoms with E-state index in [0.29, 0.717) is 16.5 Å². The van der Waals surface area contributed by atoms with Gasteiger partial charge in [-0.2, -0.15) is 0 Å². The van der Waals surface area contributed by atoms with Crippen LogP contribution in [-0.4, -0.2) is 56.9 Å². The Bertz CT molecular complexity index is 972. The number of nitrogens with zero attached hydrogens (tertiary/aromatic N) is 4. The van der Waals surface area contributed by atoms with E-state index in [-0.39, 0.29) is 23.9 Å². The minimum absolute atomic E-state index is 0.0372. The molecular formula is C23H30ClN5O3. The molecule has 1 N–H and O–H groups in total. The zero-order valence-corrected chi connectivity index (χ0v) is 19.3. The van der Waals surface area contributed by atoms with Gasteiger partial charge in [-0.15, -0.1) is 5.10 Å². The molecule has 9 heteroatoms. The summed E-state index contributed by atoms with van der Waals surface area (Å²) in [5.41, 5.74) is 1.25. The average Bonchev–Trinajstić information content (AvgIpc) is 3.48. The van der Waals surface area contributed by atoms with Gasteiger partial charge in [0.15, 0.2) is 11.8 Å². The summed E-state index contributed by atoms with van der Waals surface area (Å²) in [6.07, 6.45) is 6.94. The SMILES string of the molecule is Cc1cc(Cl)ccc1OC(C)C(=O)NC1CCCCC1n1cc(C(=O)N2CCCC2)nn1. The number of likely N-dealkylation sites (tertiary alicyclic amines) is 1. The lowest BCUT2D eigenvalue weighted by atomic mass is 9.90. The van der Waals surface area contributed by atoms with Gasteiger partial charge in [0.2, 0.25) is 0 Å². The van der Waals surface area contributed by atoms with Crippen molar-refractivity contribution in [1.82, 2.24) is 25.2 Å². The minimum atomic E-state index is -0.652. The maximum atomic E-state index is 12.9. The van der Waals surface area contributed by atoms with Gasteiger partial charge in [-0.05, 0) is 63.3 Å². The predicted molar refractivity (Wildman–Crippen MR) is 121 cm³/mol. The van der Waals surface area contributed by atoms with Crippen molar-refractivity contribution in [3.63, 3.8) is 0 Å². The highest BCUT2D eigenvalue weighted by atomic mass is 35.5. The summed E-state index contributed by atoms with van der Waals surface area (Å²) in [5.74, 6) is 0.397. The molecular weight excluding hydrogens is 430 g/mol. The second kappa shape index (κ2) is 9.90. The molecule has 4 rings (SSSR count). The lowest BCUT2D eigenvalue weighted by molar-refractivity contribution is -0.128. The number of halogens is 1. The third-order valence-corrected chi connectivity index (χ3v) is 6.56. The summed E-state index contributed by atoms with van der Waals surface area (Å²) in [6, 6.07) is 5.20. The van der Waals surface area contributed by atoms with Crippen molar-refractivity contribution in [3.8, 4) is 5.75 Å². The van der Waals surface area contributed by atoms with E-state index in [2.05, 4.69) is 15.6 Å². The summed E-state index contributed by atoms with van der Waals surface area (Å²) in [5, 5.41) is 12.1.